The molecule has 1 rings (SSSR count). The molecule has 0 aliphatic rings. The predicted octanol–water partition coefficient (Wildman–Crippen LogP) is 2.64. The Hall–Kier alpha value is -1.22. The summed E-state index contributed by atoms with van der Waals surface area (Å²) in [6.07, 6.45) is 2.02. The van der Waals surface area contributed by atoms with Gasteiger partial charge >= 0.3 is 0 Å². The van der Waals surface area contributed by atoms with Gasteiger partial charge in [-0.25, -0.2) is 0 Å². The molecule has 1 aromatic carbocycles. The normalized spacial score (nSPS) is 12.3. The van der Waals surface area contributed by atoms with E-state index in [9.17, 15) is 0 Å². The number of benzene rings is 1. The van der Waals surface area contributed by atoms with Gasteiger partial charge in [-0.3, -0.25) is 4.99 Å². The maximum atomic E-state index is 5.52. The van der Waals surface area contributed by atoms with Crippen molar-refractivity contribution in [1.82, 2.24) is 0 Å². The Labute approximate surface area is 88.9 Å². The van der Waals surface area contributed by atoms with Gasteiger partial charge < -0.3 is 5.73 Å². The van der Waals surface area contributed by atoms with Crippen molar-refractivity contribution in [3.05, 3.63) is 40.8 Å². The van der Waals surface area contributed by atoms with Crippen molar-refractivity contribution >= 4 is 23.0 Å². The Kier molecular flexibility index (Phi) is 4.26. The van der Waals surface area contributed by atoms with Crippen molar-refractivity contribution in [2.75, 3.05) is 7.05 Å². The number of hydrogen-bond acceptors (Lipinski definition) is 2. The molecule has 0 aliphatic carbocycles. The fraction of sp³-hybridized carbons (Fsp3) is 0.182. The van der Waals surface area contributed by atoms with Crippen molar-refractivity contribution in [3.63, 3.8) is 0 Å². The van der Waals surface area contributed by atoms with E-state index < -0.39 is 0 Å². The van der Waals surface area contributed by atoms with Gasteiger partial charge in [-0.2, -0.15) is 0 Å². The van der Waals surface area contributed by atoms with Crippen LogP contribution in [-0.4, -0.2) is 12.2 Å². The average molecular weight is 206 g/mol. The fourth-order valence-corrected chi connectivity index (χ4v) is 1.38. The zero-order valence-corrected chi connectivity index (χ0v) is 9.21. The highest BCUT2D eigenvalue weighted by atomic mass is 32.2. The number of rotatable bonds is 2. The summed E-state index contributed by atoms with van der Waals surface area (Å²) in [7, 11) is 1.68. The topological polar surface area (TPSA) is 38.4 Å². The summed E-state index contributed by atoms with van der Waals surface area (Å²) in [4.78, 5) is 3.84. The molecule has 2 nitrogen and oxygen atoms in total. The van der Waals surface area contributed by atoms with Crippen molar-refractivity contribution in [2.45, 2.75) is 6.92 Å². The summed E-state index contributed by atoms with van der Waals surface area (Å²) >= 11 is 1.42. The summed E-state index contributed by atoms with van der Waals surface area (Å²) in [6, 6.07) is 8.32. The van der Waals surface area contributed by atoms with Crippen molar-refractivity contribution in [2.24, 2.45) is 10.7 Å². The lowest BCUT2D eigenvalue weighted by atomic mass is 10.2. The Morgan fingerprint density at radius 1 is 1.36 bits per heavy atom. The first kappa shape index (κ1) is 10.9. The largest absolute Gasteiger partial charge is 0.378 e. The third-order valence-electron chi connectivity index (χ3n) is 1.75. The molecule has 0 spiro atoms. The van der Waals surface area contributed by atoms with Gasteiger partial charge in [0.15, 0.2) is 5.17 Å². The lowest BCUT2D eigenvalue weighted by Crippen LogP contribution is -2.03. The zero-order valence-electron chi connectivity index (χ0n) is 8.40. The van der Waals surface area contributed by atoms with Crippen molar-refractivity contribution in [3.8, 4) is 0 Å². The van der Waals surface area contributed by atoms with Crippen LogP contribution in [0.2, 0.25) is 0 Å². The molecule has 14 heavy (non-hydrogen) atoms. The summed E-state index contributed by atoms with van der Waals surface area (Å²) in [5.74, 6) is 0. The van der Waals surface area contributed by atoms with E-state index in [2.05, 4.69) is 36.2 Å². The van der Waals surface area contributed by atoms with Crippen LogP contribution in [0.3, 0.4) is 0 Å². The van der Waals surface area contributed by atoms with Gasteiger partial charge in [-0.05, 0) is 24.0 Å². The standard InChI is InChI=1S/C11H14N2S/c1-9-3-5-10(6-4-9)7-8-14-11(12)13-2/h3-8H,1-2H3,(H2,12,13)/b8-7+. The maximum Gasteiger partial charge on any atom is 0.157 e. The van der Waals surface area contributed by atoms with E-state index >= 15 is 0 Å². The molecule has 0 saturated heterocycles. The van der Waals surface area contributed by atoms with Gasteiger partial charge in [-0.1, -0.05) is 41.6 Å². The molecular weight excluding hydrogens is 192 g/mol. The van der Waals surface area contributed by atoms with Gasteiger partial charge in [-0.15, -0.1) is 0 Å². The molecule has 0 heterocycles. The van der Waals surface area contributed by atoms with Crippen LogP contribution in [0, 0.1) is 6.92 Å². The monoisotopic (exact) mass is 206 g/mol. The number of nitrogens with zero attached hydrogens (tertiary/aromatic N) is 1. The van der Waals surface area contributed by atoms with Crippen LogP contribution in [0.5, 0.6) is 0 Å². The molecular formula is C11H14N2S. The molecule has 0 amide bonds. The van der Waals surface area contributed by atoms with E-state index in [1.165, 1.54) is 22.9 Å². The average Bonchev–Trinajstić information content (AvgIpc) is 2.21. The van der Waals surface area contributed by atoms with Gasteiger partial charge in [0.2, 0.25) is 0 Å². The molecule has 0 unspecified atom stereocenters. The molecule has 1 aromatic rings. The highest BCUT2D eigenvalue weighted by Gasteiger charge is 1.88. The highest BCUT2D eigenvalue weighted by molar-refractivity contribution is 8.16. The molecule has 0 bridgehead atoms. The Bertz CT molecular complexity index is 339. The number of aliphatic imine (C=N–C) groups is 1. The lowest BCUT2D eigenvalue weighted by molar-refractivity contribution is 1.44. The summed E-state index contributed by atoms with van der Waals surface area (Å²) in [5, 5.41) is 2.51. The maximum absolute atomic E-state index is 5.52. The molecule has 3 heteroatoms. The fourth-order valence-electron chi connectivity index (χ4n) is 0.913. The predicted molar refractivity (Wildman–Crippen MR) is 65.4 cm³/mol. The second kappa shape index (κ2) is 5.50. The van der Waals surface area contributed by atoms with Crippen LogP contribution in [0.15, 0.2) is 34.7 Å². The van der Waals surface area contributed by atoms with Crippen LogP contribution >= 0.6 is 11.8 Å². The molecule has 0 radical (unpaired) electrons. The SMILES string of the molecule is CN=C(N)S/C=C/c1ccc(C)cc1. The third-order valence-corrected chi connectivity index (χ3v) is 2.44. The minimum atomic E-state index is 0.577. The van der Waals surface area contributed by atoms with Gasteiger partial charge in [0, 0.05) is 7.05 Å². The number of aryl methyl sites for hydroxylation is 1. The van der Waals surface area contributed by atoms with E-state index in [-0.39, 0.29) is 0 Å². The lowest BCUT2D eigenvalue weighted by Gasteiger charge is -1.94. The van der Waals surface area contributed by atoms with E-state index in [0.29, 0.717) is 5.17 Å². The van der Waals surface area contributed by atoms with Crippen molar-refractivity contribution in [1.29, 1.82) is 0 Å². The first-order valence-electron chi connectivity index (χ1n) is 4.34. The molecule has 0 atom stereocenters. The second-order valence-corrected chi connectivity index (χ2v) is 3.82. The first-order chi connectivity index (χ1) is 6.72. The number of thioether (sulfide) groups is 1. The Morgan fingerprint density at radius 3 is 2.57 bits per heavy atom. The summed E-state index contributed by atoms with van der Waals surface area (Å²) in [5.41, 5.74) is 7.96. The van der Waals surface area contributed by atoms with Crippen LogP contribution < -0.4 is 5.73 Å². The molecule has 0 fully saturated rings. The zero-order chi connectivity index (χ0) is 10.4. The third kappa shape index (κ3) is 3.66. The summed E-state index contributed by atoms with van der Waals surface area (Å²) < 4.78 is 0. The number of amidine groups is 1. The van der Waals surface area contributed by atoms with Gasteiger partial charge in [0.25, 0.3) is 0 Å². The summed E-state index contributed by atoms with van der Waals surface area (Å²) in [6.45, 7) is 2.07. The van der Waals surface area contributed by atoms with Crippen LogP contribution in [0.25, 0.3) is 6.08 Å². The van der Waals surface area contributed by atoms with Crippen molar-refractivity contribution < 1.29 is 0 Å². The van der Waals surface area contributed by atoms with E-state index in [1.54, 1.807) is 7.05 Å². The molecule has 0 saturated carbocycles. The van der Waals surface area contributed by atoms with E-state index in [0.717, 1.165) is 0 Å². The minimum Gasteiger partial charge on any atom is -0.378 e. The Morgan fingerprint density at radius 2 is 2.00 bits per heavy atom. The first-order valence-corrected chi connectivity index (χ1v) is 5.22. The van der Waals surface area contributed by atoms with Gasteiger partial charge in [0.05, 0.1) is 0 Å². The highest BCUT2D eigenvalue weighted by Crippen LogP contribution is 2.09. The minimum absolute atomic E-state index is 0.577. The molecule has 0 aliphatic heterocycles. The molecule has 2 N–H and O–H groups in total. The van der Waals surface area contributed by atoms with Crippen LogP contribution in [-0.2, 0) is 0 Å². The van der Waals surface area contributed by atoms with E-state index in [1.807, 2.05) is 11.5 Å². The van der Waals surface area contributed by atoms with E-state index in [4.69, 9.17) is 5.73 Å². The second-order valence-electron chi connectivity index (χ2n) is 2.89. The number of hydrogen-bond donors (Lipinski definition) is 1. The van der Waals surface area contributed by atoms with Crippen LogP contribution in [0.1, 0.15) is 11.1 Å². The number of nitrogens with two attached hydrogens (primary N) is 1. The quantitative estimate of drug-likeness (QED) is 0.596. The smallest absolute Gasteiger partial charge is 0.157 e. The molecule has 74 valence electrons. The molecule has 0 aromatic heterocycles. The van der Waals surface area contributed by atoms with Crippen LogP contribution in [0.4, 0.5) is 0 Å². The van der Waals surface area contributed by atoms with Gasteiger partial charge in [0.1, 0.15) is 0 Å². The Balaban J connectivity index is 2.56.